The summed E-state index contributed by atoms with van der Waals surface area (Å²) in [5, 5.41) is 2.72. The first kappa shape index (κ1) is 17.4. The summed E-state index contributed by atoms with van der Waals surface area (Å²) in [5.74, 6) is -0.765. The Hall–Kier alpha value is -1.62. The zero-order chi connectivity index (χ0) is 15.9. The van der Waals surface area contributed by atoms with Gasteiger partial charge in [-0.1, -0.05) is 47.5 Å². The second-order valence-electron chi connectivity index (χ2n) is 4.92. The first-order valence-electron chi connectivity index (χ1n) is 6.76. The van der Waals surface area contributed by atoms with Crippen LogP contribution in [-0.4, -0.2) is 24.5 Å². The fourth-order valence-corrected chi connectivity index (χ4v) is 2.45. The van der Waals surface area contributed by atoms with Crippen molar-refractivity contribution in [2.75, 3.05) is 7.11 Å². The Kier molecular flexibility index (Phi) is 6.62. The van der Waals surface area contributed by atoms with Crippen molar-refractivity contribution in [1.29, 1.82) is 0 Å². The molecule has 0 fully saturated rings. The van der Waals surface area contributed by atoms with Crippen molar-refractivity contribution in [3.05, 3.63) is 40.4 Å². The molecule has 1 atom stereocenters. The van der Waals surface area contributed by atoms with Gasteiger partial charge in [0.2, 0.25) is 5.91 Å². The number of benzene rings is 1. The first-order chi connectivity index (χ1) is 9.92. The summed E-state index contributed by atoms with van der Waals surface area (Å²) in [4.78, 5) is 23.8. The average molecular weight is 354 g/mol. The summed E-state index contributed by atoms with van der Waals surface area (Å²) in [5.41, 5.74) is -0.110. The van der Waals surface area contributed by atoms with Crippen molar-refractivity contribution in [2.24, 2.45) is 0 Å². The molecule has 4 nitrogen and oxygen atoms in total. The normalized spacial score (nSPS) is 13.7. The van der Waals surface area contributed by atoms with Crippen molar-refractivity contribution in [1.82, 2.24) is 5.32 Å². The lowest BCUT2D eigenvalue weighted by atomic mass is 9.96. The van der Waals surface area contributed by atoms with Crippen LogP contribution in [-0.2, 0) is 14.3 Å². The number of nitrogens with one attached hydrogen (secondary N) is 1. The topological polar surface area (TPSA) is 55.4 Å². The van der Waals surface area contributed by atoms with Gasteiger partial charge in [0.15, 0.2) is 0 Å². The van der Waals surface area contributed by atoms with Gasteiger partial charge in [-0.15, -0.1) is 0 Å². The summed E-state index contributed by atoms with van der Waals surface area (Å²) >= 11 is 3.41. The number of ether oxygens (including phenoxy) is 1. The number of hydrogen-bond acceptors (Lipinski definition) is 3. The lowest BCUT2D eigenvalue weighted by molar-refractivity contribution is -0.150. The number of carbonyl (C=O) groups excluding carboxylic acids is 2. The molecule has 1 aromatic carbocycles. The highest BCUT2D eigenvalue weighted by atomic mass is 79.9. The van der Waals surface area contributed by atoms with E-state index < -0.39 is 11.5 Å². The number of rotatable bonds is 6. The Morgan fingerprint density at radius 2 is 2.05 bits per heavy atom. The maximum atomic E-state index is 12.0. The molecule has 1 N–H and O–H groups in total. The number of halogens is 1. The molecule has 0 aliphatic rings. The summed E-state index contributed by atoms with van der Waals surface area (Å²) < 4.78 is 5.67. The second kappa shape index (κ2) is 7.98. The molecule has 0 spiro atoms. The molecule has 1 rings (SSSR count). The monoisotopic (exact) mass is 353 g/mol. The smallest absolute Gasteiger partial charge is 0.331 e. The Balaban J connectivity index is 2.79. The molecule has 0 bridgehead atoms. The number of methoxy groups -OCH3 is 1. The van der Waals surface area contributed by atoms with Crippen LogP contribution >= 0.6 is 15.9 Å². The minimum Gasteiger partial charge on any atom is -0.467 e. The molecule has 0 saturated heterocycles. The minimum absolute atomic E-state index is 0.327. The van der Waals surface area contributed by atoms with Crippen LogP contribution in [0.5, 0.6) is 0 Å². The van der Waals surface area contributed by atoms with Crippen molar-refractivity contribution < 1.29 is 14.3 Å². The highest BCUT2D eigenvalue weighted by molar-refractivity contribution is 9.10. The van der Waals surface area contributed by atoms with Gasteiger partial charge in [0, 0.05) is 10.5 Å². The van der Waals surface area contributed by atoms with Gasteiger partial charge in [-0.2, -0.15) is 0 Å². The van der Waals surface area contributed by atoms with Gasteiger partial charge in [0.1, 0.15) is 5.54 Å². The lowest BCUT2D eigenvalue weighted by Gasteiger charge is -2.26. The maximum Gasteiger partial charge on any atom is 0.331 e. The Labute approximate surface area is 133 Å². The first-order valence-corrected chi connectivity index (χ1v) is 7.55. The van der Waals surface area contributed by atoms with Crippen LogP contribution in [0.2, 0.25) is 0 Å². The van der Waals surface area contributed by atoms with Gasteiger partial charge in [-0.3, -0.25) is 4.79 Å². The highest BCUT2D eigenvalue weighted by Gasteiger charge is 2.34. The van der Waals surface area contributed by atoms with Crippen LogP contribution in [0, 0.1) is 0 Å². The van der Waals surface area contributed by atoms with Gasteiger partial charge in [0.25, 0.3) is 0 Å². The third-order valence-corrected chi connectivity index (χ3v) is 3.83. The zero-order valence-corrected chi connectivity index (χ0v) is 14.1. The number of carbonyl (C=O) groups is 2. The van der Waals surface area contributed by atoms with E-state index >= 15 is 0 Å². The van der Waals surface area contributed by atoms with E-state index in [1.165, 1.54) is 13.2 Å². The predicted octanol–water partition coefficient (Wildman–Crippen LogP) is 3.31. The van der Waals surface area contributed by atoms with E-state index in [-0.39, 0.29) is 5.91 Å². The summed E-state index contributed by atoms with van der Waals surface area (Å²) in [6, 6.07) is 7.57. The van der Waals surface area contributed by atoms with Gasteiger partial charge < -0.3 is 10.1 Å². The third kappa shape index (κ3) is 5.01. The Bertz CT molecular complexity index is 542. The number of hydrogen-bond donors (Lipinski definition) is 1. The maximum absolute atomic E-state index is 12.0. The van der Waals surface area contributed by atoms with E-state index in [9.17, 15) is 9.59 Å². The van der Waals surface area contributed by atoms with E-state index in [4.69, 9.17) is 4.74 Å². The van der Waals surface area contributed by atoms with E-state index in [1.54, 1.807) is 13.0 Å². The minimum atomic E-state index is -1.00. The van der Waals surface area contributed by atoms with Crippen LogP contribution in [0.25, 0.3) is 6.08 Å². The zero-order valence-electron chi connectivity index (χ0n) is 12.5. The molecule has 0 aliphatic heterocycles. The average Bonchev–Trinajstić information content (AvgIpc) is 2.45. The van der Waals surface area contributed by atoms with Gasteiger partial charge in [-0.05, 0) is 31.1 Å². The van der Waals surface area contributed by atoms with Gasteiger partial charge in [-0.25, -0.2) is 4.79 Å². The fourth-order valence-electron chi connectivity index (χ4n) is 2.03. The standard InChI is InChI=1S/C16H20BrNO3/c1-4-11-16(2,15(20)21-3)18-14(19)10-9-12-7-5-6-8-13(12)17/h5-10H,4,11H2,1-3H3,(H,18,19)/b10-9+. The van der Waals surface area contributed by atoms with E-state index in [1.807, 2.05) is 31.2 Å². The molecule has 0 aromatic heterocycles. The molecule has 1 amide bonds. The molecule has 5 heteroatoms. The van der Waals surface area contributed by atoms with Gasteiger partial charge in [0.05, 0.1) is 7.11 Å². The summed E-state index contributed by atoms with van der Waals surface area (Å²) in [7, 11) is 1.32. The predicted molar refractivity (Wildman–Crippen MR) is 86.6 cm³/mol. The molecule has 0 aliphatic carbocycles. The van der Waals surface area contributed by atoms with Gasteiger partial charge >= 0.3 is 5.97 Å². The molecular weight excluding hydrogens is 334 g/mol. The fraction of sp³-hybridized carbons (Fsp3) is 0.375. The molecule has 0 heterocycles. The molecule has 0 radical (unpaired) electrons. The quantitative estimate of drug-likeness (QED) is 0.630. The summed E-state index contributed by atoms with van der Waals surface area (Å²) in [6.45, 7) is 3.62. The van der Waals surface area contributed by atoms with Crippen LogP contribution in [0.1, 0.15) is 32.3 Å². The van der Waals surface area contributed by atoms with Crippen molar-refractivity contribution in [2.45, 2.75) is 32.2 Å². The summed E-state index contributed by atoms with van der Waals surface area (Å²) in [6.07, 6.45) is 4.40. The van der Waals surface area contributed by atoms with Crippen LogP contribution in [0.3, 0.4) is 0 Å². The largest absolute Gasteiger partial charge is 0.467 e. The highest BCUT2D eigenvalue weighted by Crippen LogP contribution is 2.18. The number of amides is 1. The molecule has 1 unspecified atom stereocenters. The van der Waals surface area contributed by atoms with Crippen LogP contribution in [0.4, 0.5) is 0 Å². The molecule has 114 valence electrons. The second-order valence-corrected chi connectivity index (χ2v) is 5.77. The van der Waals surface area contributed by atoms with Crippen molar-refractivity contribution in [3.63, 3.8) is 0 Å². The molecule has 1 aromatic rings. The third-order valence-electron chi connectivity index (χ3n) is 3.10. The van der Waals surface area contributed by atoms with Crippen LogP contribution < -0.4 is 5.32 Å². The molecular formula is C16H20BrNO3. The van der Waals surface area contributed by atoms with Crippen molar-refractivity contribution >= 4 is 33.9 Å². The van der Waals surface area contributed by atoms with E-state index in [0.717, 1.165) is 16.5 Å². The molecule has 21 heavy (non-hydrogen) atoms. The number of esters is 1. The van der Waals surface area contributed by atoms with Crippen LogP contribution in [0.15, 0.2) is 34.8 Å². The SMILES string of the molecule is CCCC(C)(NC(=O)/C=C/c1ccccc1Br)C(=O)OC. The van der Waals surface area contributed by atoms with E-state index in [2.05, 4.69) is 21.2 Å². The Morgan fingerprint density at radius 1 is 1.38 bits per heavy atom. The Morgan fingerprint density at radius 3 is 2.62 bits per heavy atom. The lowest BCUT2D eigenvalue weighted by Crippen LogP contribution is -2.52. The van der Waals surface area contributed by atoms with Crippen molar-refractivity contribution in [3.8, 4) is 0 Å². The van der Waals surface area contributed by atoms with E-state index in [0.29, 0.717) is 6.42 Å². The molecule has 0 saturated carbocycles.